The van der Waals surface area contributed by atoms with E-state index in [4.69, 9.17) is 4.42 Å². The van der Waals surface area contributed by atoms with Gasteiger partial charge in [0.25, 0.3) is 0 Å². The van der Waals surface area contributed by atoms with Gasteiger partial charge in [0.15, 0.2) is 5.78 Å². The van der Waals surface area contributed by atoms with Gasteiger partial charge < -0.3 is 19.7 Å². The van der Waals surface area contributed by atoms with E-state index in [1.54, 1.807) is 12.3 Å². The number of hydrogen-bond donors (Lipinski definition) is 3. The summed E-state index contributed by atoms with van der Waals surface area (Å²) in [6.07, 6.45) is 6.29. The molecule has 1 heterocycles. The molecule has 0 spiro atoms. The average Bonchev–Trinajstić information content (AvgIpc) is 3.27. The minimum atomic E-state index is -1.16. The number of furan rings is 1. The summed E-state index contributed by atoms with van der Waals surface area (Å²) in [6, 6.07) is 3.62. The number of Topliss-reactive ketones (excluding diaryl/α,β-unsaturated/α-hetero) is 1. The molecule has 5 nitrogen and oxygen atoms in total. The fourth-order valence-corrected chi connectivity index (χ4v) is 8.00. The molecule has 0 radical (unpaired) electrons. The zero-order valence-corrected chi connectivity index (χ0v) is 16.9. The maximum absolute atomic E-state index is 12.7. The monoisotopic (exact) mass is 388 g/mol. The van der Waals surface area contributed by atoms with Crippen LogP contribution in [0.25, 0.3) is 0 Å². The lowest BCUT2D eigenvalue weighted by atomic mass is 9.42. The van der Waals surface area contributed by atoms with E-state index >= 15 is 0 Å². The molecule has 4 fully saturated rings. The Kier molecular flexibility index (Phi) is 3.84. The predicted molar refractivity (Wildman–Crippen MR) is 102 cm³/mol. The molecule has 5 rings (SSSR count). The smallest absolute Gasteiger partial charge is 0.164 e. The first-order chi connectivity index (χ1) is 13.2. The summed E-state index contributed by atoms with van der Waals surface area (Å²) in [5.41, 5.74) is -2.96. The van der Waals surface area contributed by atoms with Gasteiger partial charge in [-0.25, -0.2) is 0 Å². The van der Waals surface area contributed by atoms with Gasteiger partial charge in [-0.05, 0) is 80.8 Å². The van der Waals surface area contributed by atoms with E-state index in [0.717, 1.165) is 25.7 Å². The Hall–Kier alpha value is -1.17. The number of rotatable bonds is 1. The van der Waals surface area contributed by atoms with Crippen LogP contribution in [-0.4, -0.2) is 32.8 Å². The highest BCUT2D eigenvalue weighted by Gasteiger charge is 2.73. The van der Waals surface area contributed by atoms with Crippen molar-refractivity contribution in [2.24, 2.45) is 28.6 Å². The summed E-state index contributed by atoms with van der Waals surface area (Å²) in [5.74, 6) is 0.779. The predicted octanol–water partition coefficient (Wildman–Crippen LogP) is 3.16. The van der Waals surface area contributed by atoms with Crippen molar-refractivity contribution >= 4 is 5.78 Å². The first-order valence-electron chi connectivity index (χ1n) is 10.9. The molecule has 5 heteroatoms. The molecule has 0 bridgehead atoms. The lowest BCUT2D eigenvalue weighted by Crippen LogP contribution is -2.65. The SMILES string of the molecule is C[C@]12CCC(O)C(=O)C1CC[C@@H]1[C@H]2CC[C@]2(C)C(O)(c3ccco3)CC[C@@]12O. The van der Waals surface area contributed by atoms with Crippen molar-refractivity contribution in [3.8, 4) is 0 Å². The largest absolute Gasteiger partial charge is 0.466 e. The number of aliphatic hydroxyl groups excluding tert-OH is 1. The number of aliphatic hydroxyl groups is 3. The molecular formula is C23H32O5. The molecule has 3 N–H and O–H groups in total. The molecule has 0 aliphatic heterocycles. The average molecular weight is 389 g/mol. The van der Waals surface area contributed by atoms with Crippen molar-refractivity contribution in [1.82, 2.24) is 0 Å². The molecule has 0 amide bonds. The second kappa shape index (κ2) is 5.71. The normalized spacial score (nSPS) is 53.4. The minimum Gasteiger partial charge on any atom is -0.466 e. The van der Waals surface area contributed by atoms with Crippen LogP contribution in [0.5, 0.6) is 0 Å². The third kappa shape index (κ3) is 2.01. The van der Waals surface area contributed by atoms with Gasteiger partial charge in [0.2, 0.25) is 0 Å². The molecule has 154 valence electrons. The van der Waals surface area contributed by atoms with Crippen LogP contribution < -0.4 is 0 Å². The Labute approximate surface area is 166 Å². The van der Waals surface area contributed by atoms with Gasteiger partial charge in [0.05, 0.1) is 11.9 Å². The number of carbonyl (C=O) groups excluding carboxylic acids is 1. The Morgan fingerprint density at radius 3 is 2.50 bits per heavy atom. The van der Waals surface area contributed by atoms with Crippen LogP contribution in [0.4, 0.5) is 0 Å². The zero-order valence-electron chi connectivity index (χ0n) is 16.9. The molecule has 4 saturated carbocycles. The van der Waals surface area contributed by atoms with Crippen molar-refractivity contribution in [3.05, 3.63) is 24.2 Å². The summed E-state index contributed by atoms with van der Waals surface area (Å²) >= 11 is 0. The highest BCUT2D eigenvalue weighted by atomic mass is 16.4. The van der Waals surface area contributed by atoms with E-state index in [2.05, 4.69) is 6.92 Å². The summed E-state index contributed by atoms with van der Waals surface area (Å²) in [5, 5.41) is 33.9. The van der Waals surface area contributed by atoms with Gasteiger partial charge >= 0.3 is 0 Å². The molecule has 0 saturated heterocycles. The maximum Gasteiger partial charge on any atom is 0.164 e. The maximum atomic E-state index is 12.7. The fourth-order valence-electron chi connectivity index (χ4n) is 8.00. The molecule has 1 aromatic rings. The molecular weight excluding hydrogens is 356 g/mol. The van der Waals surface area contributed by atoms with Crippen LogP contribution in [0.3, 0.4) is 0 Å². The van der Waals surface area contributed by atoms with Crippen molar-refractivity contribution < 1.29 is 24.5 Å². The zero-order chi connectivity index (χ0) is 19.9. The molecule has 8 atom stereocenters. The molecule has 28 heavy (non-hydrogen) atoms. The Balaban J connectivity index is 1.54. The lowest BCUT2D eigenvalue weighted by Gasteiger charge is -2.63. The Bertz CT molecular complexity index is 789. The minimum absolute atomic E-state index is 0.00559. The van der Waals surface area contributed by atoms with E-state index in [1.165, 1.54) is 0 Å². The van der Waals surface area contributed by atoms with Gasteiger partial charge in [-0.3, -0.25) is 4.79 Å². The summed E-state index contributed by atoms with van der Waals surface area (Å²) in [4.78, 5) is 12.7. The standard InChI is InChI=1S/C23H32O5/c1-20-9-8-17(24)19(25)16(20)6-5-15-14(20)7-10-21(2)22(15,26)11-12-23(21,27)18-4-3-13-28-18/h3-4,13-17,24,26-27H,5-12H2,1-2H3/t14-,15-,16?,17?,20-,21+,22-,23?/m1/s1. The Morgan fingerprint density at radius 1 is 1.00 bits per heavy atom. The van der Waals surface area contributed by atoms with Gasteiger partial charge in [0.1, 0.15) is 17.5 Å². The topological polar surface area (TPSA) is 90.9 Å². The molecule has 3 unspecified atom stereocenters. The van der Waals surface area contributed by atoms with E-state index in [0.29, 0.717) is 31.4 Å². The van der Waals surface area contributed by atoms with E-state index < -0.39 is 22.7 Å². The molecule has 4 aliphatic carbocycles. The van der Waals surface area contributed by atoms with Crippen molar-refractivity contribution in [2.75, 3.05) is 0 Å². The highest BCUT2D eigenvalue weighted by molar-refractivity contribution is 5.87. The summed E-state index contributed by atoms with van der Waals surface area (Å²) in [7, 11) is 0. The van der Waals surface area contributed by atoms with Gasteiger partial charge in [-0.2, -0.15) is 0 Å². The number of hydrogen-bond acceptors (Lipinski definition) is 5. The summed E-state index contributed by atoms with van der Waals surface area (Å²) in [6.45, 7) is 4.24. The van der Waals surface area contributed by atoms with Crippen molar-refractivity contribution in [1.29, 1.82) is 0 Å². The van der Waals surface area contributed by atoms with Crippen LogP contribution in [0.2, 0.25) is 0 Å². The van der Waals surface area contributed by atoms with Gasteiger partial charge in [0, 0.05) is 11.3 Å². The van der Waals surface area contributed by atoms with Crippen LogP contribution in [0.1, 0.15) is 71.0 Å². The number of ketones is 1. The quantitative estimate of drug-likeness (QED) is 0.687. The first kappa shape index (κ1) is 18.8. The second-order valence-electron chi connectivity index (χ2n) is 10.4. The first-order valence-corrected chi connectivity index (χ1v) is 10.9. The van der Waals surface area contributed by atoms with E-state index in [-0.39, 0.29) is 29.0 Å². The number of carbonyl (C=O) groups is 1. The number of fused-ring (bicyclic) bond motifs is 5. The second-order valence-corrected chi connectivity index (χ2v) is 10.4. The van der Waals surface area contributed by atoms with Crippen molar-refractivity contribution in [3.63, 3.8) is 0 Å². The van der Waals surface area contributed by atoms with Crippen molar-refractivity contribution in [2.45, 2.75) is 82.5 Å². The van der Waals surface area contributed by atoms with Crippen LogP contribution in [-0.2, 0) is 10.4 Å². The van der Waals surface area contributed by atoms with Crippen LogP contribution in [0, 0.1) is 28.6 Å². The van der Waals surface area contributed by atoms with Gasteiger partial charge in [-0.1, -0.05) is 13.8 Å². The van der Waals surface area contributed by atoms with E-state index in [1.807, 2.05) is 13.0 Å². The molecule has 4 aliphatic rings. The molecule has 1 aromatic heterocycles. The van der Waals surface area contributed by atoms with Crippen LogP contribution in [0.15, 0.2) is 22.8 Å². The Morgan fingerprint density at radius 2 is 1.79 bits per heavy atom. The fraction of sp³-hybridized carbons (Fsp3) is 0.783. The van der Waals surface area contributed by atoms with Gasteiger partial charge in [-0.15, -0.1) is 0 Å². The lowest BCUT2D eigenvalue weighted by molar-refractivity contribution is -0.239. The van der Waals surface area contributed by atoms with E-state index in [9.17, 15) is 20.1 Å². The highest BCUT2D eigenvalue weighted by Crippen LogP contribution is 2.71. The van der Waals surface area contributed by atoms with Crippen LogP contribution >= 0.6 is 0 Å². The third-order valence-corrected chi connectivity index (χ3v) is 9.76. The molecule has 0 aromatic carbocycles. The summed E-state index contributed by atoms with van der Waals surface area (Å²) < 4.78 is 5.61. The third-order valence-electron chi connectivity index (χ3n) is 9.76.